The average molecular weight is 713 g/mol. The van der Waals surface area contributed by atoms with Gasteiger partial charge < -0.3 is 36.4 Å². The molecule has 1 aliphatic heterocycles. The SMILES string of the molecule is CN(C)[C@@H]1C(=O)C(C(N)=O)=C(O)[C@@]2(O)C(=O)C3=C(O)c4c(O)c(NCC(C)(C)CN5CCCC5)nc(Cl)c4C[C@H]3C[C@@H]12.Cl.Cl.Cl. The molecule has 0 unspecified atom stereocenters. The monoisotopic (exact) mass is 711 g/mol. The minimum atomic E-state index is -2.70. The molecule has 0 radical (unpaired) electrons. The van der Waals surface area contributed by atoms with Gasteiger partial charge in [0.1, 0.15) is 22.2 Å². The van der Waals surface area contributed by atoms with Gasteiger partial charge >= 0.3 is 0 Å². The van der Waals surface area contributed by atoms with Crippen LogP contribution in [-0.4, -0.2) is 105 Å². The molecule has 252 valence electrons. The third kappa shape index (κ3) is 6.35. The van der Waals surface area contributed by atoms with Gasteiger partial charge in [-0.2, -0.15) is 0 Å². The minimum Gasteiger partial charge on any atom is -0.508 e. The number of pyridine rings is 1. The number of primary amides is 1. The van der Waals surface area contributed by atoms with Crippen LogP contribution in [0.25, 0.3) is 5.76 Å². The van der Waals surface area contributed by atoms with Gasteiger partial charge in [-0.15, -0.1) is 37.2 Å². The van der Waals surface area contributed by atoms with Crippen molar-refractivity contribution in [2.24, 2.45) is 23.0 Å². The fraction of sp³-hybridized carbons (Fsp3) is 0.586. The minimum absolute atomic E-state index is 0. The smallest absolute Gasteiger partial charge is 0.255 e. The Morgan fingerprint density at radius 1 is 1.16 bits per heavy atom. The number of ketones is 2. The number of hydrogen-bond acceptors (Lipinski definition) is 11. The van der Waals surface area contributed by atoms with E-state index in [1.165, 1.54) is 17.7 Å². The van der Waals surface area contributed by atoms with Gasteiger partial charge in [0, 0.05) is 30.1 Å². The molecule has 1 saturated heterocycles. The first-order valence-corrected chi connectivity index (χ1v) is 14.5. The van der Waals surface area contributed by atoms with Crippen LogP contribution < -0.4 is 11.1 Å². The lowest BCUT2D eigenvalue weighted by molar-refractivity contribution is -0.153. The predicted octanol–water partition coefficient (Wildman–Crippen LogP) is 2.81. The van der Waals surface area contributed by atoms with Gasteiger partial charge in [0.25, 0.3) is 5.91 Å². The van der Waals surface area contributed by atoms with Crippen molar-refractivity contribution in [2.45, 2.75) is 51.2 Å². The molecule has 16 heteroatoms. The van der Waals surface area contributed by atoms with Gasteiger partial charge in [-0.3, -0.25) is 19.3 Å². The van der Waals surface area contributed by atoms with Crippen molar-refractivity contribution < 1.29 is 34.8 Å². The largest absolute Gasteiger partial charge is 0.508 e. The highest BCUT2D eigenvalue weighted by Gasteiger charge is 2.64. The summed E-state index contributed by atoms with van der Waals surface area (Å²) in [5, 5.41) is 48.6. The van der Waals surface area contributed by atoms with Crippen molar-refractivity contribution >= 4 is 77.9 Å². The zero-order valence-corrected chi connectivity index (χ0v) is 28.6. The Kier molecular flexibility index (Phi) is 11.9. The van der Waals surface area contributed by atoms with Crippen LogP contribution >= 0.6 is 48.8 Å². The van der Waals surface area contributed by atoms with Gasteiger partial charge in [0.2, 0.25) is 5.78 Å². The van der Waals surface area contributed by atoms with E-state index in [-0.39, 0.29) is 77.6 Å². The van der Waals surface area contributed by atoms with Gasteiger partial charge in [-0.25, -0.2) is 4.98 Å². The molecule has 0 bridgehead atoms. The maximum Gasteiger partial charge on any atom is 0.255 e. The van der Waals surface area contributed by atoms with Crippen LogP contribution in [0, 0.1) is 17.3 Å². The highest BCUT2D eigenvalue weighted by atomic mass is 35.5. The molecule has 4 aliphatic rings. The molecule has 3 aliphatic carbocycles. The molecular formula is C29H41Cl4N5O7. The normalized spacial score (nSPS) is 26.3. The third-order valence-electron chi connectivity index (χ3n) is 9.12. The number of amides is 1. The van der Waals surface area contributed by atoms with Crippen LogP contribution in [-0.2, 0) is 20.8 Å². The van der Waals surface area contributed by atoms with Crippen molar-refractivity contribution in [2.75, 3.05) is 45.6 Å². The maximum absolute atomic E-state index is 14.0. The van der Waals surface area contributed by atoms with E-state index in [0.29, 0.717) is 12.1 Å². The predicted molar refractivity (Wildman–Crippen MR) is 177 cm³/mol. The highest BCUT2D eigenvalue weighted by molar-refractivity contribution is 6.31. The molecule has 1 saturated carbocycles. The summed E-state index contributed by atoms with van der Waals surface area (Å²) < 4.78 is 0. The number of nitrogens with zero attached hydrogens (tertiary/aromatic N) is 3. The van der Waals surface area contributed by atoms with Gasteiger partial charge in [0.05, 0.1) is 11.6 Å². The summed E-state index contributed by atoms with van der Waals surface area (Å²) in [5.74, 6) is -7.13. The number of carbonyl (C=O) groups excluding carboxylic acids is 3. The summed E-state index contributed by atoms with van der Waals surface area (Å²) in [7, 11) is 3.10. The van der Waals surface area contributed by atoms with Gasteiger partial charge in [-0.05, 0) is 64.2 Å². The molecule has 0 spiro atoms. The van der Waals surface area contributed by atoms with E-state index in [9.17, 15) is 34.8 Å². The Balaban J connectivity index is 0.00000235. The summed E-state index contributed by atoms with van der Waals surface area (Å²) in [6.45, 7) is 7.54. The molecule has 2 heterocycles. The third-order valence-corrected chi connectivity index (χ3v) is 9.43. The molecule has 5 rings (SSSR count). The molecule has 1 aromatic rings. The van der Waals surface area contributed by atoms with Crippen LogP contribution in [0.4, 0.5) is 5.82 Å². The van der Waals surface area contributed by atoms with Crippen LogP contribution in [0.5, 0.6) is 5.75 Å². The maximum atomic E-state index is 14.0. The molecular weight excluding hydrogens is 672 g/mol. The van der Waals surface area contributed by atoms with Gasteiger partial charge in [0.15, 0.2) is 23.0 Å². The van der Waals surface area contributed by atoms with Crippen LogP contribution in [0.1, 0.15) is 44.2 Å². The Hall–Kier alpha value is -2.32. The fourth-order valence-electron chi connectivity index (χ4n) is 7.20. The fourth-order valence-corrected chi connectivity index (χ4v) is 7.46. The van der Waals surface area contributed by atoms with E-state index in [1.54, 1.807) is 14.1 Å². The second kappa shape index (κ2) is 13.8. The summed E-state index contributed by atoms with van der Waals surface area (Å²) in [5.41, 5.74) is 1.63. The summed E-state index contributed by atoms with van der Waals surface area (Å²) in [6, 6.07) is -1.15. The lowest BCUT2D eigenvalue weighted by Crippen LogP contribution is -2.65. The van der Waals surface area contributed by atoms with Crippen LogP contribution in [0.3, 0.4) is 0 Å². The number of aliphatic hydroxyl groups is 3. The number of carbonyl (C=O) groups is 3. The number of Topliss-reactive ketones (excluding diaryl/α,β-unsaturated/α-hetero) is 2. The molecule has 12 nitrogen and oxygen atoms in total. The number of likely N-dealkylation sites (tertiary alicyclic amines) is 1. The number of nitrogens with two attached hydrogens (primary N) is 1. The van der Waals surface area contributed by atoms with E-state index in [2.05, 4.69) is 29.0 Å². The number of anilines is 1. The molecule has 0 aromatic carbocycles. The summed E-state index contributed by atoms with van der Waals surface area (Å²) >= 11 is 6.58. The first-order valence-electron chi connectivity index (χ1n) is 14.1. The van der Waals surface area contributed by atoms with E-state index >= 15 is 0 Å². The number of likely N-dealkylation sites (N-methyl/N-ethyl adjacent to an activating group) is 1. The standard InChI is InChI=1S/C29H38ClN5O7.3ClH/c1-28(2,12-35-7-5-6-8-35)11-32-27-22(38)17-14(25(30)33-27)9-13-10-15-19(34(3)4)21(37)18(26(31)41)24(40)29(15,42)23(39)16(13)20(17)36;;;/h13,15,19,36,38,40,42H,5-12H2,1-4H3,(H2,31,41)(H,32,33);3*1H/t13-,15-,19-,29-;;;/m0.../s1. The number of fused-ring (bicyclic) bond motifs is 3. The highest BCUT2D eigenvalue weighted by Crippen LogP contribution is 2.53. The van der Waals surface area contributed by atoms with Crippen LogP contribution in [0.2, 0.25) is 5.15 Å². The van der Waals surface area contributed by atoms with Gasteiger partial charge in [-0.1, -0.05) is 25.4 Å². The van der Waals surface area contributed by atoms with Crippen molar-refractivity contribution in [3.8, 4) is 5.75 Å². The topological polar surface area (TPSA) is 190 Å². The molecule has 1 aromatic heterocycles. The van der Waals surface area contributed by atoms with E-state index < -0.39 is 63.8 Å². The number of aromatic nitrogens is 1. The Morgan fingerprint density at radius 2 is 1.76 bits per heavy atom. The van der Waals surface area contributed by atoms with Crippen molar-refractivity contribution in [1.29, 1.82) is 0 Å². The number of rotatable bonds is 7. The summed E-state index contributed by atoms with van der Waals surface area (Å²) in [6.07, 6.45) is 2.39. The molecule has 45 heavy (non-hydrogen) atoms. The summed E-state index contributed by atoms with van der Waals surface area (Å²) in [4.78, 5) is 47.5. The Morgan fingerprint density at radius 3 is 2.31 bits per heavy atom. The number of hydrogen-bond donors (Lipinski definition) is 6. The zero-order valence-electron chi connectivity index (χ0n) is 25.4. The average Bonchev–Trinajstić information content (AvgIpc) is 3.39. The first-order chi connectivity index (χ1) is 19.6. The number of aromatic hydroxyl groups is 1. The van der Waals surface area contributed by atoms with Crippen molar-refractivity contribution in [3.63, 3.8) is 0 Å². The van der Waals surface area contributed by atoms with Crippen LogP contribution in [0.15, 0.2) is 16.9 Å². The Bertz CT molecular complexity index is 1440. The van der Waals surface area contributed by atoms with Crippen molar-refractivity contribution in [1.82, 2.24) is 14.8 Å². The van der Waals surface area contributed by atoms with E-state index in [0.717, 1.165) is 19.6 Å². The number of aliphatic hydroxyl groups excluding tert-OH is 2. The molecule has 1 amide bonds. The zero-order chi connectivity index (χ0) is 30.9. The van der Waals surface area contributed by atoms with Crippen molar-refractivity contribution in [3.05, 3.63) is 33.2 Å². The first kappa shape index (κ1) is 38.9. The van der Waals surface area contributed by atoms with E-state index in [1.807, 2.05) is 0 Å². The lowest BCUT2D eigenvalue weighted by atomic mass is 9.57. The molecule has 2 fully saturated rings. The molecule has 4 atom stereocenters. The Labute approximate surface area is 285 Å². The second-order valence-electron chi connectivity index (χ2n) is 12.9. The molecule has 7 N–H and O–H groups in total. The second-order valence-corrected chi connectivity index (χ2v) is 13.3. The van der Waals surface area contributed by atoms with E-state index in [4.69, 9.17) is 17.3 Å². The number of halogens is 4. The number of nitrogens with one attached hydrogen (secondary N) is 1. The quantitative estimate of drug-likeness (QED) is 0.180. The lowest BCUT2D eigenvalue weighted by Gasteiger charge is -2.50.